The molecule has 0 radical (unpaired) electrons. The third-order valence-electron chi connectivity index (χ3n) is 4.43. The molecular formula is C19H27NO4. The second-order valence-electron chi connectivity index (χ2n) is 6.89. The van der Waals surface area contributed by atoms with Crippen LogP contribution >= 0.6 is 0 Å². The Labute approximate surface area is 143 Å². The van der Waals surface area contributed by atoms with Crippen LogP contribution < -0.4 is 4.74 Å². The van der Waals surface area contributed by atoms with Crippen molar-refractivity contribution in [2.75, 3.05) is 19.7 Å². The minimum atomic E-state index is -0.757. The molecule has 0 atom stereocenters. The zero-order valence-electron chi connectivity index (χ0n) is 14.5. The number of carbonyl (C=O) groups excluding carboxylic acids is 1. The first-order chi connectivity index (χ1) is 11.5. The number of amides is 1. The topological polar surface area (TPSA) is 66.8 Å². The van der Waals surface area contributed by atoms with Crippen LogP contribution in [-0.2, 0) is 4.79 Å². The van der Waals surface area contributed by atoms with E-state index in [1.807, 2.05) is 17.0 Å². The lowest BCUT2D eigenvalue weighted by Gasteiger charge is -2.31. The fraction of sp³-hybridized carbons (Fsp3) is 0.579. The maximum absolute atomic E-state index is 12.5. The Kier molecular flexibility index (Phi) is 6.64. The molecule has 1 aromatic carbocycles. The Hall–Kier alpha value is -2.04. The van der Waals surface area contributed by atoms with Gasteiger partial charge in [0.15, 0.2) is 0 Å². The Bertz CT molecular complexity index is 545. The Balaban J connectivity index is 1.83. The van der Waals surface area contributed by atoms with Crippen molar-refractivity contribution in [1.29, 1.82) is 0 Å². The summed E-state index contributed by atoms with van der Waals surface area (Å²) in [4.78, 5) is 25.1. The quantitative estimate of drug-likeness (QED) is 0.830. The molecule has 1 N–H and O–H groups in total. The minimum absolute atomic E-state index is 0.0116. The van der Waals surface area contributed by atoms with E-state index >= 15 is 0 Å². The van der Waals surface area contributed by atoms with Crippen molar-refractivity contribution in [3.63, 3.8) is 0 Å². The van der Waals surface area contributed by atoms with Crippen molar-refractivity contribution in [1.82, 2.24) is 4.90 Å². The predicted molar refractivity (Wildman–Crippen MR) is 92.3 cm³/mol. The zero-order valence-corrected chi connectivity index (χ0v) is 14.5. The third-order valence-corrected chi connectivity index (χ3v) is 4.43. The number of likely N-dealkylation sites (tertiary alicyclic amines) is 1. The van der Waals surface area contributed by atoms with Crippen LogP contribution in [0.25, 0.3) is 0 Å². The van der Waals surface area contributed by atoms with Crippen LogP contribution in [0.5, 0.6) is 5.75 Å². The van der Waals surface area contributed by atoms with Gasteiger partial charge in [-0.25, -0.2) is 0 Å². The molecular weight excluding hydrogens is 306 g/mol. The SMILES string of the molecule is CC(C)CCOc1ccc(C(=O)N2CCC(CC(=O)O)CC2)cc1. The molecule has 0 spiro atoms. The molecule has 1 amide bonds. The van der Waals surface area contributed by atoms with Crippen LogP contribution in [0, 0.1) is 11.8 Å². The number of aliphatic carboxylic acids is 1. The van der Waals surface area contributed by atoms with Gasteiger partial charge in [0.25, 0.3) is 5.91 Å². The molecule has 0 bridgehead atoms. The number of benzene rings is 1. The third kappa shape index (κ3) is 5.55. The molecule has 0 unspecified atom stereocenters. The molecule has 0 saturated carbocycles. The number of carboxylic acid groups (broad SMARTS) is 1. The largest absolute Gasteiger partial charge is 0.494 e. The standard InChI is InChI=1S/C19H27NO4/c1-14(2)9-12-24-17-5-3-16(4-6-17)19(23)20-10-7-15(8-11-20)13-18(21)22/h3-6,14-15H,7-13H2,1-2H3,(H,21,22). The van der Waals surface area contributed by atoms with E-state index in [0.29, 0.717) is 31.2 Å². The molecule has 1 aromatic rings. The highest BCUT2D eigenvalue weighted by atomic mass is 16.5. The van der Waals surface area contributed by atoms with Crippen LogP contribution in [0.4, 0.5) is 0 Å². The number of piperidine rings is 1. The summed E-state index contributed by atoms with van der Waals surface area (Å²) in [5.74, 6) is 0.830. The van der Waals surface area contributed by atoms with Crippen molar-refractivity contribution in [3.05, 3.63) is 29.8 Å². The normalized spacial score (nSPS) is 15.5. The number of carboxylic acids is 1. The summed E-state index contributed by atoms with van der Waals surface area (Å²) in [7, 11) is 0. The summed E-state index contributed by atoms with van der Waals surface area (Å²) in [6.07, 6.45) is 2.72. The van der Waals surface area contributed by atoms with Gasteiger partial charge >= 0.3 is 5.97 Å². The smallest absolute Gasteiger partial charge is 0.303 e. The van der Waals surface area contributed by atoms with Gasteiger partial charge in [-0.05, 0) is 55.4 Å². The van der Waals surface area contributed by atoms with Crippen molar-refractivity contribution in [2.45, 2.75) is 39.5 Å². The summed E-state index contributed by atoms with van der Waals surface area (Å²) in [5.41, 5.74) is 0.655. The molecule has 1 fully saturated rings. The van der Waals surface area contributed by atoms with Gasteiger partial charge in [-0.2, -0.15) is 0 Å². The lowest BCUT2D eigenvalue weighted by Crippen LogP contribution is -2.38. The van der Waals surface area contributed by atoms with Gasteiger partial charge in [-0.15, -0.1) is 0 Å². The molecule has 1 heterocycles. The minimum Gasteiger partial charge on any atom is -0.494 e. The van der Waals surface area contributed by atoms with E-state index in [1.165, 1.54) is 0 Å². The van der Waals surface area contributed by atoms with E-state index in [2.05, 4.69) is 13.8 Å². The van der Waals surface area contributed by atoms with Gasteiger partial charge in [0.1, 0.15) is 5.75 Å². The molecule has 2 rings (SSSR count). The Morgan fingerprint density at radius 3 is 2.38 bits per heavy atom. The molecule has 0 aromatic heterocycles. The predicted octanol–water partition coefficient (Wildman–Crippen LogP) is 3.44. The van der Waals surface area contributed by atoms with Crippen molar-refractivity contribution >= 4 is 11.9 Å². The number of nitrogens with zero attached hydrogens (tertiary/aromatic N) is 1. The first kappa shape index (κ1) is 18.3. The highest BCUT2D eigenvalue weighted by Crippen LogP contribution is 2.22. The summed E-state index contributed by atoms with van der Waals surface area (Å²) < 4.78 is 5.67. The second-order valence-corrected chi connectivity index (χ2v) is 6.89. The van der Waals surface area contributed by atoms with E-state index in [1.54, 1.807) is 12.1 Å². The molecule has 1 aliphatic heterocycles. The molecule has 5 heteroatoms. The fourth-order valence-corrected chi connectivity index (χ4v) is 2.88. The van der Waals surface area contributed by atoms with Gasteiger partial charge in [0, 0.05) is 25.1 Å². The van der Waals surface area contributed by atoms with E-state index in [4.69, 9.17) is 9.84 Å². The van der Waals surface area contributed by atoms with E-state index < -0.39 is 5.97 Å². The average molecular weight is 333 g/mol. The summed E-state index contributed by atoms with van der Waals surface area (Å²) in [6, 6.07) is 7.28. The van der Waals surface area contributed by atoms with Crippen LogP contribution in [-0.4, -0.2) is 41.6 Å². The molecule has 5 nitrogen and oxygen atoms in total. The van der Waals surface area contributed by atoms with Crippen LogP contribution in [0.1, 0.15) is 49.9 Å². The van der Waals surface area contributed by atoms with Gasteiger partial charge in [-0.1, -0.05) is 13.8 Å². The highest BCUT2D eigenvalue weighted by Gasteiger charge is 2.24. The molecule has 132 valence electrons. The van der Waals surface area contributed by atoms with Gasteiger partial charge in [0.05, 0.1) is 6.61 Å². The summed E-state index contributed by atoms with van der Waals surface area (Å²) in [5, 5.41) is 8.84. The van der Waals surface area contributed by atoms with Gasteiger partial charge in [-0.3, -0.25) is 9.59 Å². The number of hydrogen-bond donors (Lipinski definition) is 1. The van der Waals surface area contributed by atoms with E-state index in [-0.39, 0.29) is 18.2 Å². The van der Waals surface area contributed by atoms with Crippen molar-refractivity contribution < 1.29 is 19.4 Å². The van der Waals surface area contributed by atoms with Gasteiger partial charge in [0.2, 0.25) is 0 Å². The monoisotopic (exact) mass is 333 g/mol. The summed E-state index contributed by atoms with van der Waals surface area (Å²) in [6.45, 7) is 6.25. The number of carbonyl (C=O) groups is 2. The summed E-state index contributed by atoms with van der Waals surface area (Å²) >= 11 is 0. The lowest BCUT2D eigenvalue weighted by molar-refractivity contribution is -0.138. The maximum atomic E-state index is 12.5. The maximum Gasteiger partial charge on any atom is 0.303 e. The molecule has 0 aliphatic carbocycles. The first-order valence-corrected chi connectivity index (χ1v) is 8.69. The van der Waals surface area contributed by atoms with Crippen LogP contribution in [0.3, 0.4) is 0 Å². The number of hydrogen-bond acceptors (Lipinski definition) is 3. The van der Waals surface area contributed by atoms with Crippen LogP contribution in [0.15, 0.2) is 24.3 Å². The van der Waals surface area contributed by atoms with Crippen LogP contribution in [0.2, 0.25) is 0 Å². The second kappa shape index (κ2) is 8.71. The first-order valence-electron chi connectivity index (χ1n) is 8.69. The van der Waals surface area contributed by atoms with E-state index in [9.17, 15) is 9.59 Å². The number of rotatable bonds is 7. The Morgan fingerprint density at radius 1 is 1.21 bits per heavy atom. The molecule has 24 heavy (non-hydrogen) atoms. The molecule has 1 aliphatic rings. The zero-order chi connectivity index (χ0) is 17.5. The highest BCUT2D eigenvalue weighted by molar-refractivity contribution is 5.94. The average Bonchev–Trinajstić information content (AvgIpc) is 2.55. The number of ether oxygens (including phenoxy) is 1. The Morgan fingerprint density at radius 2 is 1.83 bits per heavy atom. The fourth-order valence-electron chi connectivity index (χ4n) is 2.88. The van der Waals surface area contributed by atoms with Crippen molar-refractivity contribution in [3.8, 4) is 5.75 Å². The van der Waals surface area contributed by atoms with Crippen molar-refractivity contribution in [2.24, 2.45) is 11.8 Å². The van der Waals surface area contributed by atoms with Gasteiger partial charge < -0.3 is 14.7 Å². The van der Waals surface area contributed by atoms with E-state index in [0.717, 1.165) is 25.0 Å². The lowest BCUT2D eigenvalue weighted by atomic mass is 9.93. The molecule has 1 saturated heterocycles.